The molecule has 0 saturated carbocycles. The van der Waals surface area contributed by atoms with Gasteiger partial charge < -0.3 is 126 Å². The Bertz CT molecular complexity index is 2250. The van der Waals surface area contributed by atoms with Crippen LogP contribution >= 0.6 is 0 Å². The maximum Gasteiger partial charge on any atom is 0.410 e. The second kappa shape index (κ2) is 38.4. The van der Waals surface area contributed by atoms with Gasteiger partial charge in [-0.3, -0.25) is 14.4 Å². The summed E-state index contributed by atoms with van der Waals surface area (Å²) in [5.74, 6) is -4.75. The molecule has 2 aliphatic heterocycles. The Kier molecular flexibility index (Phi) is 33.2. The molecule has 470 valence electrons. The molecule has 0 bridgehead atoms. The van der Waals surface area contributed by atoms with Crippen molar-refractivity contribution in [2.24, 2.45) is 32.9 Å². The normalized spacial score (nSPS) is 19.7. The average molecular weight is 1190 g/mol. The molecule has 34 nitrogen and oxygen atoms in total. The van der Waals surface area contributed by atoms with Gasteiger partial charge in [0.05, 0.1) is 103 Å². The van der Waals surface area contributed by atoms with Gasteiger partial charge in [0.2, 0.25) is 29.2 Å². The van der Waals surface area contributed by atoms with Gasteiger partial charge >= 0.3 is 24.1 Å². The zero-order chi connectivity index (χ0) is 62.2. The van der Waals surface area contributed by atoms with Gasteiger partial charge in [0.15, 0.2) is 36.3 Å². The van der Waals surface area contributed by atoms with Crippen molar-refractivity contribution in [3.8, 4) is 12.3 Å². The molecule has 0 aromatic heterocycles. The van der Waals surface area contributed by atoms with Gasteiger partial charge in [-0.15, -0.1) is 6.42 Å². The van der Waals surface area contributed by atoms with E-state index in [-0.39, 0.29) is 91.2 Å². The third kappa shape index (κ3) is 26.6. The van der Waals surface area contributed by atoms with Crippen LogP contribution in [0.25, 0.3) is 0 Å². The number of nitrogens with two attached hydrogens (primary N) is 4. The monoisotopic (exact) mass is 1190 g/mol. The van der Waals surface area contributed by atoms with Crippen LogP contribution in [-0.2, 0) is 66.6 Å². The first-order chi connectivity index (χ1) is 39.3. The van der Waals surface area contributed by atoms with E-state index < -0.39 is 133 Å². The molecule has 0 aliphatic carbocycles. The van der Waals surface area contributed by atoms with Crippen LogP contribution in [0.2, 0.25) is 0 Å². The molecule has 0 fully saturated rings. The number of hydrogen-bond acceptors (Lipinski definition) is 23. The van der Waals surface area contributed by atoms with E-state index in [1.54, 1.807) is 11.9 Å². The molecule has 0 aromatic rings. The number of rotatable bonds is 39. The van der Waals surface area contributed by atoms with Crippen LogP contribution in [-0.4, -0.2) is 304 Å². The van der Waals surface area contributed by atoms with Crippen LogP contribution in [0.15, 0.2) is 33.7 Å². The minimum absolute atomic E-state index is 0.00697. The lowest BCUT2D eigenvalue weighted by atomic mass is 9.92. The van der Waals surface area contributed by atoms with E-state index >= 15 is 0 Å². The summed E-state index contributed by atoms with van der Waals surface area (Å²) in [6.07, 6.45) is -5.55. The maximum atomic E-state index is 13.6. The van der Waals surface area contributed by atoms with E-state index in [4.69, 9.17) is 72.0 Å². The Morgan fingerprint density at radius 2 is 1.01 bits per heavy atom. The molecule has 0 spiro atoms. The molecule has 0 radical (unpaired) electrons. The Morgan fingerprint density at radius 3 is 1.42 bits per heavy atom. The fraction of sp³-hybridized carbons (Fsp3) is 0.694. The zero-order valence-electron chi connectivity index (χ0n) is 47.1. The van der Waals surface area contributed by atoms with Gasteiger partial charge in [-0.1, -0.05) is 5.92 Å². The molecular formula is C49H82N12O22. The van der Waals surface area contributed by atoms with E-state index in [2.05, 4.69) is 26.5 Å². The largest absolute Gasteiger partial charge is 0.477 e. The molecule has 2 aliphatic rings. The summed E-state index contributed by atoms with van der Waals surface area (Å²) >= 11 is 0. The van der Waals surface area contributed by atoms with E-state index in [1.807, 2.05) is 0 Å². The smallest absolute Gasteiger partial charge is 0.410 e. The number of carbonyl (C=O) groups is 7. The van der Waals surface area contributed by atoms with Crippen molar-refractivity contribution in [1.82, 2.24) is 30.2 Å². The maximum absolute atomic E-state index is 13.6. The predicted octanol–water partition coefficient (Wildman–Crippen LogP) is -6.54. The van der Waals surface area contributed by atoms with Crippen LogP contribution in [0.3, 0.4) is 0 Å². The van der Waals surface area contributed by atoms with Crippen LogP contribution in [0, 0.1) is 12.3 Å². The van der Waals surface area contributed by atoms with Crippen LogP contribution in [0.4, 0.5) is 9.59 Å². The van der Waals surface area contributed by atoms with Crippen molar-refractivity contribution in [3.63, 3.8) is 0 Å². The van der Waals surface area contributed by atoms with E-state index in [9.17, 15) is 64.2 Å². The Morgan fingerprint density at radius 1 is 0.614 bits per heavy atom. The summed E-state index contributed by atoms with van der Waals surface area (Å²) in [5, 5.41) is 66.1. The number of aliphatic hydroxyl groups excluding tert-OH is 4. The third-order valence-electron chi connectivity index (χ3n) is 12.0. The molecule has 2 heterocycles. The van der Waals surface area contributed by atoms with E-state index in [0.717, 1.165) is 35.8 Å². The minimum atomic E-state index is -1.86. The Balaban J connectivity index is 2.14. The van der Waals surface area contributed by atoms with Crippen molar-refractivity contribution in [2.75, 3.05) is 140 Å². The number of likely N-dealkylation sites (N-methyl/N-ethyl adjacent to an activating group) is 3. The number of aliphatic imine (C=N–C) groups is 2. The fourth-order valence-corrected chi connectivity index (χ4v) is 7.80. The van der Waals surface area contributed by atoms with Crippen molar-refractivity contribution < 1.29 is 107 Å². The highest BCUT2D eigenvalue weighted by molar-refractivity contribution is 5.86. The van der Waals surface area contributed by atoms with Crippen LogP contribution in [0.1, 0.15) is 20.3 Å². The van der Waals surface area contributed by atoms with Crippen molar-refractivity contribution in [3.05, 3.63) is 23.7 Å². The summed E-state index contributed by atoms with van der Waals surface area (Å²) in [7, 11) is 4.39. The summed E-state index contributed by atoms with van der Waals surface area (Å²) in [6, 6.07) is -5.14. The van der Waals surface area contributed by atoms with Gasteiger partial charge in [-0.05, 0) is 19.2 Å². The predicted molar refractivity (Wildman–Crippen MR) is 289 cm³/mol. The SMILES string of the molecule is C#CCOCCOCCOCCOCCC(=O)N(CCOCCN(C)C(=O)O[C@@H]([C@@H]1OC(C(=O)O)=C[C@H](N=C(N)N)[C@H]1NC(C)=O)[C@H](O)CO)CCN(C)CCN(C)C(=O)O[C@@H]([C@@H]1OC(C(=O)O)=C[C@H](N=C(N)N)[C@H]1NC(C)=O)[C@H](O)CO. The topological polar surface area (TPSA) is 490 Å². The van der Waals surface area contributed by atoms with Crippen molar-refractivity contribution in [2.45, 2.75) is 81.1 Å². The molecule has 34 heteroatoms. The first-order valence-corrected chi connectivity index (χ1v) is 26.0. The number of carboxylic acids is 2. The quantitative estimate of drug-likeness (QED) is 0.0118. The van der Waals surface area contributed by atoms with Crippen LogP contribution in [0.5, 0.6) is 0 Å². The number of nitrogens with zero attached hydrogens (tertiary/aromatic N) is 6. The van der Waals surface area contributed by atoms with Gasteiger partial charge in [0, 0.05) is 67.2 Å². The average Bonchev–Trinajstić information content (AvgIpc) is 3.45. The third-order valence-corrected chi connectivity index (χ3v) is 12.0. The molecule has 0 saturated heterocycles. The number of carboxylic acid groups (broad SMARTS) is 2. The highest BCUT2D eigenvalue weighted by Gasteiger charge is 2.48. The van der Waals surface area contributed by atoms with E-state index in [1.165, 1.54) is 19.0 Å². The second-order valence-electron chi connectivity index (χ2n) is 18.6. The number of nitrogens with one attached hydrogen (secondary N) is 2. The fourth-order valence-electron chi connectivity index (χ4n) is 7.80. The highest BCUT2D eigenvalue weighted by Crippen LogP contribution is 2.29. The van der Waals surface area contributed by atoms with Crippen molar-refractivity contribution >= 4 is 53.8 Å². The Hall–Kier alpha value is -7.33. The second-order valence-corrected chi connectivity index (χ2v) is 18.6. The number of hydrogen-bond donors (Lipinski definition) is 12. The molecule has 10 atom stereocenters. The van der Waals surface area contributed by atoms with Gasteiger partial charge in [0.1, 0.15) is 18.8 Å². The lowest BCUT2D eigenvalue weighted by Gasteiger charge is -2.40. The molecule has 2 rings (SSSR count). The number of aliphatic hydroxyl groups is 4. The number of aliphatic carboxylic acids is 2. The Labute approximate surface area is 479 Å². The molecular weight excluding hydrogens is 1110 g/mol. The summed E-state index contributed by atoms with van der Waals surface area (Å²) < 4.78 is 49.8. The summed E-state index contributed by atoms with van der Waals surface area (Å²) in [4.78, 5) is 102. The summed E-state index contributed by atoms with van der Waals surface area (Å²) in [5.41, 5.74) is 22.3. The van der Waals surface area contributed by atoms with Gasteiger partial charge in [0.25, 0.3) is 0 Å². The molecule has 16 N–H and O–H groups in total. The van der Waals surface area contributed by atoms with Crippen LogP contribution < -0.4 is 33.6 Å². The van der Waals surface area contributed by atoms with Gasteiger partial charge in [-0.25, -0.2) is 29.2 Å². The number of amides is 5. The molecule has 83 heavy (non-hydrogen) atoms. The minimum Gasteiger partial charge on any atom is -0.477 e. The lowest BCUT2D eigenvalue weighted by molar-refractivity contribution is -0.147. The number of guanidine groups is 2. The number of ether oxygens (including phenoxy) is 9. The zero-order valence-corrected chi connectivity index (χ0v) is 47.1. The first-order valence-electron chi connectivity index (χ1n) is 26.0. The van der Waals surface area contributed by atoms with E-state index in [0.29, 0.717) is 26.4 Å². The first kappa shape index (κ1) is 71.8. The molecule has 0 aromatic carbocycles. The summed E-state index contributed by atoms with van der Waals surface area (Å²) in [6.45, 7) is 2.57. The van der Waals surface area contributed by atoms with Crippen molar-refractivity contribution in [1.29, 1.82) is 0 Å². The lowest BCUT2D eigenvalue weighted by Crippen LogP contribution is -2.61. The standard InChI is InChI=1S/C49H82N12O22/c1-7-15-75-19-21-78-23-24-79-22-20-76-16-8-37(68)61(14-18-77-17-13-60(6)49(74)83-41(34(67)28-63)43-39(55-30(3)65)32(57-47(52)53)26-36(81-43)45(71)72)12-10-58(4)9-11-59(5)48(73)82-40(33(66)27-62)42-38(54-29(2)64)31(56-46(50)51)25-35(80-42)44(69)70/h1,25-26,31-34,38-43,62-63,66-67H,8-24,27-28H2,2-6H3,(H,54,64)(H,55,65)(H,69,70)(H,71,72)(H4,50,51,56)(H4,52,53,57)/t31-,32-,33+,34+,38+,39+,40+,41+,42+,43+/m0/s1. The molecule has 0 unspecified atom stereocenters. The number of carbonyl (C=O) groups excluding carboxylic acids is 5. The van der Waals surface area contributed by atoms with Gasteiger partial charge in [-0.2, -0.15) is 0 Å². The highest BCUT2D eigenvalue weighted by atomic mass is 16.6. The number of terminal acetylenes is 1. The molecule has 5 amide bonds.